The van der Waals surface area contributed by atoms with Gasteiger partial charge in [0.15, 0.2) is 0 Å². The number of nitrogens with zero attached hydrogens (tertiary/aromatic N) is 2. The summed E-state index contributed by atoms with van der Waals surface area (Å²) in [6.07, 6.45) is 0. The van der Waals surface area contributed by atoms with Gasteiger partial charge < -0.3 is 11.1 Å². The van der Waals surface area contributed by atoms with Gasteiger partial charge in [-0.05, 0) is 31.4 Å². The number of hydrogen-bond donors (Lipinski definition) is 2. The van der Waals surface area contributed by atoms with Crippen LogP contribution in [0.4, 0.5) is 5.95 Å². The number of nitrogens with two attached hydrogens (primary N) is 1. The van der Waals surface area contributed by atoms with Gasteiger partial charge in [0.25, 0.3) is 0 Å². The molecule has 0 bridgehead atoms. The fourth-order valence-electron chi connectivity index (χ4n) is 2.30. The first-order valence-corrected chi connectivity index (χ1v) is 6.92. The first kappa shape index (κ1) is 14.4. The Bertz CT molecular complexity index is 630. The second-order valence-corrected chi connectivity index (χ2v) is 5.60. The number of aromatic nitrogens is 2. The van der Waals surface area contributed by atoms with Gasteiger partial charge in [0, 0.05) is 6.54 Å². The average Bonchev–Trinajstić information content (AvgIpc) is 2.72. The van der Waals surface area contributed by atoms with Crippen LogP contribution in [0.2, 0.25) is 0 Å². The van der Waals surface area contributed by atoms with Crippen LogP contribution in [0.1, 0.15) is 32.4 Å². The molecule has 0 aliphatic heterocycles. The molecule has 1 heterocycles. The van der Waals surface area contributed by atoms with Gasteiger partial charge in [-0.1, -0.05) is 26.0 Å². The quantitative estimate of drug-likeness (QED) is 0.898. The summed E-state index contributed by atoms with van der Waals surface area (Å²) in [5.74, 6) is 0.763. The Labute approximate surface area is 119 Å². The number of carbonyl (C=O) groups is 1. The van der Waals surface area contributed by atoms with E-state index in [2.05, 4.69) is 24.1 Å². The molecule has 1 amide bonds. The standard InChI is InChI=1S/C15H22N4O/c1-9(2)8-17-14(20)11(4)19-13-10(3)6-5-7-12(13)18-15(19)16/h5-7,9,11H,8H2,1-4H3,(H2,16,18)(H,17,20). The maximum absolute atomic E-state index is 12.2. The lowest BCUT2D eigenvalue weighted by Crippen LogP contribution is -2.33. The van der Waals surface area contributed by atoms with E-state index in [9.17, 15) is 4.79 Å². The van der Waals surface area contributed by atoms with Gasteiger partial charge in [-0.25, -0.2) is 4.98 Å². The second-order valence-electron chi connectivity index (χ2n) is 5.60. The summed E-state index contributed by atoms with van der Waals surface area (Å²) in [4.78, 5) is 16.6. The fourth-order valence-corrected chi connectivity index (χ4v) is 2.30. The maximum atomic E-state index is 12.2. The van der Waals surface area contributed by atoms with Crippen LogP contribution in [0.15, 0.2) is 18.2 Å². The van der Waals surface area contributed by atoms with Crippen molar-refractivity contribution in [2.24, 2.45) is 5.92 Å². The van der Waals surface area contributed by atoms with Gasteiger partial charge >= 0.3 is 0 Å². The van der Waals surface area contributed by atoms with E-state index >= 15 is 0 Å². The Kier molecular flexibility index (Phi) is 3.97. The summed E-state index contributed by atoms with van der Waals surface area (Å²) in [6.45, 7) is 8.64. The third kappa shape index (κ3) is 2.61. The lowest BCUT2D eigenvalue weighted by molar-refractivity contribution is -0.123. The maximum Gasteiger partial charge on any atom is 0.242 e. The number of imidazole rings is 1. The normalized spacial score (nSPS) is 12.8. The third-order valence-electron chi connectivity index (χ3n) is 3.39. The molecule has 3 N–H and O–H groups in total. The van der Waals surface area contributed by atoms with E-state index in [4.69, 9.17) is 5.73 Å². The smallest absolute Gasteiger partial charge is 0.242 e. The van der Waals surface area contributed by atoms with Crippen LogP contribution in [0.25, 0.3) is 11.0 Å². The molecule has 0 radical (unpaired) electrons. The van der Waals surface area contributed by atoms with Crippen molar-refractivity contribution in [2.45, 2.75) is 33.7 Å². The molecule has 1 atom stereocenters. The van der Waals surface area contributed by atoms with Gasteiger partial charge in [-0.15, -0.1) is 0 Å². The van der Waals surface area contributed by atoms with Crippen LogP contribution < -0.4 is 11.1 Å². The molecule has 0 aliphatic rings. The minimum Gasteiger partial charge on any atom is -0.369 e. The highest BCUT2D eigenvalue weighted by Crippen LogP contribution is 2.25. The highest BCUT2D eigenvalue weighted by Gasteiger charge is 2.21. The van der Waals surface area contributed by atoms with Gasteiger partial charge in [-0.2, -0.15) is 0 Å². The molecule has 20 heavy (non-hydrogen) atoms. The first-order valence-electron chi connectivity index (χ1n) is 6.92. The van der Waals surface area contributed by atoms with Crippen LogP contribution in [0.3, 0.4) is 0 Å². The number of para-hydroxylation sites is 1. The molecule has 0 saturated carbocycles. The number of fused-ring (bicyclic) bond motifs is 1. The molecule has 2 rings (SSSR count). The van der Waals surface area contributed by atoms with Gasteiger partial charge in [0.1, 0.15) is 6.04 Å². The van der Waals surface area contributed by atoms with E-state index in [0.717, 1.165) is 16.6 Å². The lowest BCUT2D eigenvalue weighted by Gasteiger charge is -2.17. The number of nitrogen functional groups attached to an aromatic ring is 1. The number of amides is 1. The summed E-state index contributed by atoms with van der Waals surface area (Å²) in [5.41, 5.74) is 8.81. The monoisotopic (exact) mass is 274 g/mol. The molecule has 0 fully saturated rings. The van der Waals surface area contributed by atoms with Crippen molar-refractivity contribution in [3.63, 3.8) is 0 Å². The van der Waals surface area contributed by atoms with Crippen molar-refractivity contribution in [3.05, 3.63) is 23.8 Å². The van der Waals surface area contributed by atoms with Crippen molar-refractivity contribution in [3.8, 4) is 0 Å². The first-order chi connectivity index (χ1) is 9.41. The van der Waals surface area contributed by atoms with Crippen LogP contribution in [0, 0.1) is 12.8 Å². The SMILES string of the molecule is Cc1cccc2nc(N)n(C(C)C(=O)NCC(C)C)c12. The molecule has 5 heteroatoms. The highest BCUT2D eigenvalue weighted by molar-refractivity contribution is 5.87. The summed E-state index contributed by atoms with van der Waals surface area (Å²) in [6, 6.07) is 5.48. The molecular weight excluding hydrogens is 252 g/mol. The molecule has 2 aromatic rings. The highest BCUT2D eigenvalue weighted by atomic mass is 16.2. The summed E-state index contributed by atoms with van der Waals surface area (Å²) in [5, 5.41) is 2.94. The molecule has 1 aromatic heterocycles. The van der Waals surface area contributed by atoms with E-state index in [1.165, 1.54) is 0 Å². The number of anilines is 1. The average molecular weight is 274 g/mol. The molecule has 108 valence electrons. The molecule has 1 unspecified atom stereocenters. The lowest BCUT2D eigenvalue weighted by atomic mass is 10.2. The van der Waals surface area contributed by atoms with Crippen molar-refractivity contribution >= 4 is 22.9 Å². The number of aryl methyl sites for hydroxylation is 1. The zero-order chi connectivity index (χ0) is 14.9. The number of rotatable bonds is 4. The fraction of sp³-hybridized carbons (Fsp3) is 0.467. The molecule has 0 spiro atoms. The number of carbonyl (C=O) groups excluding carboxylic acids is 1. The zero-order valence-corrected chi connectivity index (χ0v) is 12.5. The van der Waals surface area contributed by atoms with Crippen molar-refractivity contribution < 1.29 is 4.79 Å². The third-order valence-corrected chi connectivity index (χ3v) is 3.39. The van der Waals surface area contributed by atoms with Gasteiger partial charge in [-0.3, -0.25) is 9.36 Å². The Balaban J connectivity index is 2.37. The largest absolute Gasteiger partial charge is 0.369 e. The Morgan fingerprint density at radius 1 is 1.40 bits per heavy atom. The van der Waals surface area contributed by atoms with Crippen molar-refractivity contribution in [1.29, 1.82) is 0 Å². The van der Waals surface area contributed by atoms with Crippen LogP contribution in [-0.2, 0) is 4.79 Å². The minimum atomic E-state index is -0.375. The predicted molar refractivity (Wildman–Crippen MR) is 81.4 cm³/mol. The number of hydrogen-bond acceptors (Lipinski definition) is 3. The molecular formula is C15H22N4O. The summed E-state index contributed by atoms with van der Waals surface area (Å²) < 4.78 is 1.81. The Hall–Kier alpha value is -2.04. The number of benzene rings is 1. The minimum absolute atomic E-state index is 0.0343. The molecule has 0 aliphatic carbocycles. The van der Waals surface area contributed by atoms with E-state index < -0.39 is 0 Å². The summed E-state index contributed by atoms with van der Waals surface area (Å²) in [7, 11) is 0. The molecule has 1 aromatic carbocycles. The van der Waals surface area contributed by atoms with Crippen molar-refractivity contribution in [2.75, 3.05) is 12.3 Å². The Morgan fingerprint density at radius 2 is 2.10 bits per heavy atom. The topological polar surface area (TPSA) is 72.9 Å². The van der Waals surface area contributed by atoms with Gasteiger partial charge in [0.2, 0.25) is 11.9 Å². The molecule has 5 nitrogen and oxygen atoms in total. The van der Waals surface area contributed by atoms with E-state index in [-0.39, 0.29) is 11.9 Å². The predicted octanol–water partition coefficient (Wildman–Crippen LogP) is 2.26. The zero-order valence-electron chi connectivity index (χ0n) is 12.5. The van der Waals surface area contributed by atoms with E-state index in [1.807, 2.05) is 32.0 Å². The van der Waals surface area contributed by atoms with E-state index in [1.54, 1.807) is 4.57 Å². The van der Waals surface area contributed by atoms with Crippen LogP contribution in [-0.4, -0.2) is 22.0 Å². The van der Waals surface area contributed by atoms with Crippen molar-refractivity contribution in [1.82, 2.24) is 14.9 Å². The number of nitrogens with one attached hydrogen (secondary N) is 1. The van der Waals surface area contributed by atoms with Crippen LogP contribution in [0.5, 0.6) is 0 Å². The Morgan fingerprint density at radius 3 is 2.75 bits per heavy atom. The second kappa shape index (κ2) is 5.53. The summed E-state index contributed by atoms with van der Waals surface area (Å²) >= 11 is 0. The molecule has 0 saturated heterocycles. The van der Waals surface area contributed by atoms with E-state index in [0.29, 0.717) is 18.4 Å². The van der Waals surface area contributed by atoms with Crippen LogP contribution >= 0.6 is 0 Å². The van der Waals surface area contributed by atoms with Gasteiger partial charge in [0.05, 0.1) is 11.0 Å².